The Morgan fingerprint density at radius 2 is 2.12 bits per heavy atom. The predicted octanol–water partition coefficient (Wildman–Crippen LogP) is 1.88. The summed E-state index contributed by atoms with van der Waals surface area (Å²) in [6.07, 6.45) is 0. The maximum atomic E-state index is 5.62. The van der Waals surface area contributed by atoms with Crippen molar-refractivity contribution in [1.29, 1.82) is 0 Å². The highest BCUT2D eigenvalue weighted by molar-refractivity contribution is 5.14. The minimum absolute atomic E-state index is 0.451. The van der Waals surface area contributed by atoms with Crippen molar-refractivity contribution in [3.05, 3.63) is 35.9 Å². The lowest BCUT2D eigenvalue weighted by Gasteiger charge is -2.39. The van der Waals surface area contributed by atoms with E-state index in [-0.39, 0.29) is 0 Å². The Morgan fingerprint density at radius 3 is 2.81 bits per heavy atom. The van der Waals surface area contributed by atoms with E-state index in [0.29, 0.717) is 0 Å². The number of benzene rings is 1. The molecule has 1 saturated heterocycles. The number of hydrogen-bond donors (Lipinski definition) is 0. The van der Waals surface area contributed by atoms with Crippen molar-refractivity contribution in [1.82, 2.24) is 4.90 Å². The van der Waals surface area contributed by atoms with Crippen LogP contribution in [0.1, 0.15) is 12.5 Å². The Kier molecular flexibility index (Phi) is 3.59. The molecule has 1 heterocycles. The van der Waals surface area contributed by atoms with E-state index in [1.54, 1.807) is 7.11 Å². The Balaban J connectivity index is 1.96. The molecule has 1 aliphatic rings. The van der Waals surface area contributed by atoms with Gasteiger partial charge in [0.2, 0.25) is 0 Å². The fourth-order valence-corrected chi connectivity index (χ4v) is 2.02. The van der Waals surface area contributed by atoms with Crippen LogP contribution in [0.2, 0.25) is 0 Å². The Morgan fingerprint density at radius 1 is 1.38 bits per heavy atom. The molecule has 0 radical (unpaired) electrons. The first-order chi connectivity index (χ1) is 7.72. The first-order valence-electron chi connectivity index (χ1n) is 5.67. The van der Waals surface area contributed by atoms with Crippen LogP contribution in [0.3, 0.4) is 0 Å². The zero-order chi connectivity index (χ0) is 11.4. The topological polar surface area (TPSA) is 21.7 Å². The molecular weight excluding hydrogens is 202 g/mol. The predicted molar refractivity (Wildman–Crippen MR) is 63.1 cm³/mol. The molecule has 1 atom stereocenters. The van der Waals surface area contributed by atoms with Gasteiger partial charge < -0.3 is 9.47 Å². The van der Waals surface area contributed by atoms with E-state index in [9.17, 15) is 0 Å². The molecule has 88 valence electrons. The van der Waals surface area contributed by atoms with Crippen molar-refractivity contribution < 1.29 is 9.47 Å². The minimum Gasteiger partial charge on any atom is -0.352 e. The van der Waals surface area contributed by atoms with Crippen molar-refractivity contribution in [3.8, 4) is 0 Å². The van der Waals surface area contributed by atoms with Crippen LogP contribution in [0.25, 0.3) is 0 Å². The molecular formula is C13H19NO2. The second-order valence-electron chi connectivity index (χ2n) is 4.38. The number of rotatable bonds is 3. The van der Waals surface area contributed by atoms with Crippen molar-refractivity contribution in [2.75, 3.05) is 26.8 Å². The normalized spacial score (nSPS) is 26.9. The van der Waals surface area contributed by atoms with Gasteiger partial charge in [-0.2, -0.15) is 0 Å². The summed E-state index contributed by atoms with van der Waals surface area (Å²) in [6.45, 7) is 5.47. The van der Waals surface area contributed by atoms with Gasteiger partial charge in [0.05, 0.1) is 13.2 Å². The summed E-state index contributed by atoms with van der Waals surface area (Å²) in [5.41, 5.74) is 1.34. The van der Waals surface area contributed by atoms with Crippen LogP contribution < -0.4 is 0 Å². The second-order valence-corrected chi connectivity index (χ2v) is 4.38. The van der Waals surface area contributed by atoms with E-state index in [4.69, 9.17) is 9.47 Å². The van der Waals surface area contributed by atoms with Crippen LogP contribution in [-0.2, 0) is 16.0 Å². The van der Waals surface area contributed by atoms with Gasteiger partial charge in [-0.3, -0.25) is 4.90 Å². The lowest BCUT2D eigenvalue weighted by Crippen LogP contribution is -2.50. The third kappa shape index (κ3) is 2.82. The Bertz CT molecular complexity index is 328. The molecule has 0 aliphatic carbocycles. The van der Waals surface area contributed by atoms with Crippen LogP contribution >= 0.6 is 0 Å². The molecule has 0 N–H and O–H groups in total. The smallest absolute Gasteiger partial charge is 0.177 e. The zero-order valence-electron chi connectivity index (χ0n) is 9.98. The number of hydrogen-bond acceptors (Lipinski definition) is 3. The van der Waals surface area contributed by atoms with Crippen LogP contribution in [-0.4, -0.2) is 37.5 Å². The van der Waals surface area contributed by atoms with Gasteiger partial charge in [-0.15, -0.1) is 0 Å². The second kappa shape index (κ2) is 4.95. The van der Waals surface area contributed by atoms with Crippen molar-refractivity contribution in [2.45, 2.75) is 19.3 Å². The highest BCUT2D eigenvalue weighted by Crippen LogP contribution is 2.19. The quantitative estimate of drug-likeness (QED) is 0.778. The first kappa shape index (κ1) is 11.6. The van der Waals surface area contributed by atoms with E-state index in [0.717, 1.165) is 26.2 Å². The summed E-state index contributed by atoms with van der Waals surface area (Å²) in [7, 11) is 1.70. The number of ether oxygens (including phenoxy) is 2. The molecule has 0 amide bonds. The molecule has 1 aliphatic heterocycles. The molecule has 2 rings (SSSR count). The van der Waals surface area contributed by atoms with Gasteiger partial charge in [-0.25, -0.2) is 0 Å². The van der Waals surface area contributed by atoms with E-state index >= 15 is 0 Å². The molecule has 0 unspecified atom stereocenters. The molecule has 0 aromatic heterocycles. The van der Waals surface area contributed by atoms with Gasteiger partial charge in [0.15, 0.2) is 5.79 Å². The van der Waals surface area contributed by atoms with Gasteiger partial charge in [-0.05, 0) is 12.5 Å². The van der Waals surface area contributed by atoms with E-state index in [1.165, 1.54) is 5.56 Å². The van der Waals surface area contributed by atoms with Gasteiger partial charge in [-0.1, -0.05) is 30.3 Å². The average Bonchev–Trinajstić information content (AvgIpc) is 2.30. The number of nitrogens with zero attached hydrogens (tertiary/aromatic N) is 1. The Hall–Kier alpha value is -0.900. The first-order valence-corrected chi connectivity index (χ1v) is 5.67. The van der Waals surface area contributed by atoms with E-state index in [1.807, 2.05) is 13.0 Å². The van der Waals surface area contributed by atoms with E-state index < -0.39 is 5.79 Å². The minimum atomic E-state index is -0.451. The van der Waals surface area contributed by atoms with Crippen molar-refractivity contribution in [3.63, 3.8) is 0 Å². The highest BCUT2D eigenvalue weighted by Gasteiger charge is 2.31. The summed E-state index contributed by atoms with van der Waals surface area (Å²) in [6, 6.07) is 10.5. The summed E-state index contributed by atoms with van der Waals surface area (Å²) >= 11 is 0. The van der Waals surface area contributed by atoms with Gasteiger partial charge in [0.25, 0.3) is 0 Å². The molecule has 0 spiro atoms. The fraction of sp³-hybridized carbons (Fsp3) is 0.538. The maximum absolute atomic E-state index is 5.62. The largest absolute Gasteiger partial charge is 0.352 e. The summed E-state index contributed by atoms with van der Waals surface area (Å²) in [5.74, 6) is -0.451. The van der Waals surface area contributed by atoms with Gasteiger partial charge in [0.1, 0.15) is 0 Å². The summed E-state index contributed by atoms with van der Waals surface area (Å²) in [4.78, 5) is 2.36. The maximum Gasteiger partial charge on any atom is 0.177 e. The summed E-state index contributed by atoms with van der Waals surface area (Å²) < 4.78 is 11.0. The third-order valence-corrected chi connectivity index (χ3v) is 3.01. The Labute approximate surface area is 97.0 Å². The zero-order valence-corrected chi connectivity index (χ0v) is 9.98. The molecule has 3 heteroatoms. The molecule has 0 saturated carbocycles. The molecule has 0 bridgehead atoms. The SMILES string of the molecule is CO[C@@]1(C)CN(Cc2ccccc2)CCO1. The fourth-order valence-electron chi connectivity index (χ4n) is 2.02. The third-order valence-electron chi connectivity index (χ3n) is 3.01. The van der Waals surface area contributed by atoms with Crippen LogP contribution in [0.5, 0.6) is 0 Å². The van der Waals surface area contributed by atoms with Crippen LogP contribution in [0.4, 0.5) is 0 Å². The number of morpholine rings is 1. The standard InChI is InChI=1S/C13H19NO2/c1-13(15-2)11-14(8-9-16-13)10-12-6-4-3-5-7-12/h3-7H,8-11H2,1-2H3/t13-/m1/s1. The molecule has 16 heavy (non-hydrogen) atoms. The monoisotopic (exact) mass is 221 g/mol. The average molecular weight is 221 g/mol. The summed E-state index contributed by atoms with van der Waals surface area (Å²) in [5, 5.41) is 0. The lowest BCUT2D eigenvalue weighted by atomic mass is 10.2. The highest BCUT2D eigenvalue weighted by atomic mass is 16.7. The van der Waals surface area contributed by atoms with Crippen LogP contribution in [0, 0.1) is 0 Å². The molecule has 3 nitrogen and oxygen atoms in total. The van der Waals surface area contributed by atoms with Crippen molar-refractivity contribution >= 4 is 0 Å². The number of methoxy groups -OCH3 is 1. The molecule has 1 aromatic carbocycles. The van der Waals surface area contributed by atoms with Gasteiger partial charge in [0, 0.05) is 20.2 Å². The van der Waals surface area contributed by atoms with Crippen LogP contribution in [0.15, 0.2) is 30.3 Å². The molecule has 1 aromatic rings. The van der Waals surface area contributed by atoms with Gasteiger partial charge >= 0.3 is 0 Å². The van der Waals surface area contributed by atoms with Crippen molar-refractivity contribution in [2.24, 2.45) is 0 Å². The molecule has 1 fully saturated rings. The van der Waals surface area contributed by atoms with E-state index in [2.05, 4.69) is 29.2 Å². The lowest BCUT2D eigenvalue weighted by molar-refractivity contribution is -0.244.